The molecule has 0 amide bonds. The number of rotatable bonds is 8. The minimum Gasteiger partial charge on any atom is -0.392 e. The number of nitrogens with one attached hydrogen (secondary N) is 1. The van der Waals surface area contributed by atoms with Crippen LogP contribution in [-0.4, -0.2) is 32.8 Å². The third-order valence-corrected chi connectivity index (χ3v) is 4.37. The molecule has 0 bridgehead atoms. The van der Waals surface area contributed by atoms with Crippen molar-refractivity contribution in [1.29, 1.82) is 0 Å². The first kappa shape index (κ1) is 17.1. The maximum absolute atomic E-state index is 12.3. The number of ether oxygens (including phenoxy) is 1. The summed E-state index contributed by atoms with van der Waals surface area (Å²) in [5.74, 6) is 0. The summed E-state index contributed by atoms with van der Waals surface area (Å²) < 4.78 is 32.4. The molecule has 114 valence electrons. The molecule has 2 N–H and O–H groups in total. The van der Waals surface area contributed by atoms with Gasteiger partial charge in [0, 0.05) is 6.54 Å². The van der Waals surface area contributed by atoms with Crippen molar-refractivity contribution in [1.82, 2.24) is 4.72 Å². The lowest BCUT2D eigenvalue weighted by Gasteiger charge is -2.13. The van der Waals surface area contributed by atoms with Crippen molar-refractivity contribution in [2.45, 2.75) is 44.8 Å². The second kappa shape index (κ2) is 7.73. The van der Waals surface area contributed by atoms with Gasteiger partial charge in [0.15, 0.2) is 0 Å². The molecule has 5 nitrogen and oxygen atoms in total. The van der Waals surface area contributed by atoms with Gasteiger partial charge in [-0.25, -0.2) is 13.1 Å². The van der Waals surface area contributed by atoms with Crippen LogP contribution in [0.1, 0.15) is 31.9 Å². The molecule has 0 unspecified atom stereocenters. The quantitative estimate of drug-likeness (QED) is 0.713. The Morgan fingerprint density at radius 1 is 1.35 bits per heavy atom. The predicted octanol–water partition coefficient (Wildman–Crippen LogP) is 1.44. The van der Waals surface area contributed by atoms with Gasteiger partial charge in [-0.05, 0) is 37.5 Å². The first-order valence-corrected chi connectivity index (χ1v) is 8.23. The summed E-state index contributed by atoms with van der Waals surface area (Å²) in [6.45, 7) is 6.08. The molecule has 1 aromatic rings. The van der Waals surface area contributed by atoms with E-state index in [1.807, 2.05) is 20.8 Å². The molecular formula is C14H23NO4S. The Bertz CT molecular complexity index is 526. The van der Waals surface area contributed by atoms with E-state index in [0.717, 1.165) is 5.56 Å². The van der Waals surface area contributed by atoms with E-state index in [-0.39, 0.29) is 24.2 Å². The lowest BCUT2D eigenvalue weighted by molar-refractivity contribution is 0.0834. The molecule has 0 saturated carbocycles. The maximum Gasteiger partial charge on any atom is 0.240 e. The van der Waals surface area contributed by atoms with E-state index in [1.54, 1.807) is 12.1 Å². The second-order valence-corrected chi connectivity index (χ2v) is 6.51. The van der Waals surface area contributed by atoms with Crippen molar-refractivity contribution >= 4 is 10.0 Å². The Labute approximate surface area is 121 Å². The van der Waals surface area contributed by atoms with Gasteiger partial charge in [0.1, 0.15) is 0 Å². The molecule has 0 spiro atoms. The Kier molecular flexibility index (Phi) is 6.61. The number of aliphatic hydroxyl groups is 1. The lowest BCUT2D eigenvalue weighted by atomic mass is 10.1. The van der Waals surface area contributed by atoms with Gasteiger partial charge >= 0.3 is 0 Å². The van der Waals surface area contributed by atoms with Gasteiger partial charge < -0.3 is 9.84 Å². The van der Waals surface area contributed by atoms with Crippen LogP contribution < -0.4 is 4.72 Å². The minimum atomic E-state index is -3.57. The Morgan fingerprint density at radius 3 is 2.60 bits per heavy atom. The zero-order chi connectivity index (χ0) is 15.2. The van der Waals surface area contributed by atoms with E-state index in [2.05, 4.69) is 4.72 Å². The largest absolute Gasteiger partial charge is 0.392 e. The molecule has 0 fully saturated rings. The lowest BCUT2D eigenvalue weighted by Crippen LogP contribution is -2.29. The molecule has 0 heterocycles. The fourth-order valence-electron chi connectivity index (χ4n) is 1.79. The van der Waals surface area contributed by atoms with Crippen LogP contribution in [0.25, 0.3) is 0 Å². The molecule has 1 aromatic carbocycles. The monoisotopic (exact) mass is 301 g/mol. The highest BCUT2D eigenvalue weighted by Crippen LogP contribution is 2.18. The molecule has 0 aromatic heterocycles. The average Bonchev–Trinajstić information content (AvgIpc) is 2.42. The maximum atomic E-state index is 12.3. The summed E-state index contributed by atoms with van der Waals surface area (Å²) in [6.07, 6.45) is 0.688. The summed E-state index contributed by atoms with van der Waals surface area (Å²) in [4.78, 5) is 0.232. The Morgan fingerprint density at radius 2 is 2.05 bits per heavy atom. The zero-order valence-electron chi connectivity index (χ0n) is 12.2. The number of sulfonamides is 1. The average molecular weight is 301 g/mol. The first-order chi connectivity index (χ1) is 9.40. The third-order valence-electron chi connectivity index (χ3n) is 2.83. The Balaban J connectivity index is 2.85. The van der Waals surface area contributed by atoms with Crippen LogP contribution in [0.4, 0.5) is 0 Å². The highest BCUT2D eigenvalue weighted by molar-refractivity contribution is 7.89. The van der Waals surface area contributed by atoms with E-state index in [0.29, 0.717) is 18.6 Å². The summed E-state index contributed by atoms with van der Waals surface area (Å²) >= 11 is 0. The molecular weight excluding hydrogens is 278 g/mol. The molecule has 0 aliphatic heterocycles. The van der Waals surface area contributed by atoms with E-state index < -0.39 is 10.0 Å². The van der Waals surface area contributed by atoms with E-state index in [9.17, 15) is 8.42 Å². The molecule has 0 atom stereocenters. The standard InChI is InChI=1S/C14H23NO4S/c1-4-13-6-5-12(10-16)9-14(13)20(17,18)15-7-8-19-11(2)3/h5-6,9,11,15-16H,4,7-8,10H2,1-3H3. The number of aliphatic hydroxyl groups excluding tert-OH is 1. The number of benzene rings is 1. The predicted molar refractivity (Wildman–Crippen MR) is 78.0 cm³/mol. The van der Waals surface area contributed by atoms with Crippen LogP contribution in [0.2, 0.25) is 0 Å². The second-order valence-electron chi connectivity index (χ2n) is 4.77. The van der Waals surface area contributed by atoms with E-state index >= 15 is 0 Å². The molecule has 20 heavy (non-hydrogen) atoms. The van der Waals surface area contributed by atoms with Gasteiger partial charge in [0.25, 0.3) is 0 Å². The Hall–Kier alpha value is -0.950. The van der Waals surface area contributed by atoms with Gasteiger partial charge in [0.2, 0.25) is 10.0 Å². The number of aryl methyl sites for hydroxylation is 1. The fraction of sp³-hybridized carbons (Fsp3) is 0.571. The van der Waals surface area contributed by atoms with Crippen LogP contribution in [0.3, 0.4) is 0 Å². The molecule has 1 rings (SSSR count). The van der Waals surface area contributed by atoms with Crippen LogP contribution in [0.5, 0.6) is 0 Å². The van der Waals surface area contributed by atoms with Gasteiger partial charge in [0.05, 0.1) is 24.2 Å². The van der Waals surface area contributed by atoms with Crippen LogP contribution in [0, 0.1) is 0 Å². The molecule has 0 aliphatic carbocycles. The van der Waals surface area contributed by atoms with Gasteiger partial charge in [-0.1, -0.05) is 19.1 Å². The normalized spacial score (nSPS) is 12.1. The van der Waals surface area contributed by atoms with Gasteiger partial charge in [-0.2, -0.15) is 0 Å². The fourth-order valence-corrected chi connectivity index (χ4v) is 3.16. The van der Waals surface area contributed by atoms with Crippen molar-refractivity contribution in [2.75, 3.05) is 13.2 Å². The third kappa shape index (κ3) is 4.86. The molecule has 0 radical (unpaired) electrons. The topological polar surface area (TPSA) is 75.6 Å². The van der Waals surface area contributed by atoms with E-state index in [4.69, 9.17) is 9.84 Å². The molecule has 6 heteroatoms. The summed E-state index contributed by atoms with van der Waals surface area (Å²) in [7, 11) is -3.57. The van der Waals surface area contributed by atoms with Crippen molar-refractivity contribution in [3.63, 3.8) is 0 Å². The van der Waals surface area contributed by atoms with Crippen LogP contribution >= 0.6 is 0 Å². The van der Waals surface area contributed by atoms with Crippen molar-refractivity contribution in [2.24, 2.45) is 0 Å². The van der Waals surface area contributed by atoms with E-state index in [1.165, 1.54) is 6.07 Å². The highest BCUT2D eigenvalue weighted by atomic mass is 32.2. The first-order valence-electron chi connectivity index (χ1n) is 6.74. The number of hydrogen-bond acceptors (Lipinski definition) is 4. The minimum absolute atomic E-state index is 0.0726. The smallest absolute Gasteiger partial charge is 0.240 e. The van der Waals surface area contributed by atoms with Gasteiger partial charge in [-0.3, -0.25) is 0 Å². The van der Waals surface area contributed by atoms with Crippen molar-refractivity contribution < 1.29 is 18.3 Å². The van der Waals surface area contributed by atoms with Gasteiger partial charge in [-0.15, -0.1) is 0 Å². The van der Waals surface area contributed by atoms with Crippen LogP contribution in [0.15, 0.2) is 23.1 Å². The highest BCUT2D eigenvalue weighted by Gasteiger charge is 2.17. The SMILES string of the molecule is CCc1ccc(CO)cc1S(=O)(=O)NCCOC(C)C. The summed E-state index contributed by atoms with van der Waals surface area (Å²) in [5, 5.41) is 9.13. The zero-order valence-corrected chi connectivity index (χ0v) is 13.0. The summed E-state index contributed by atoms with van der Waals surface area (Å²) in [5.41, 5.74) is 1.32. The van der Waals surface area contributed by atoms with Crippen molar-refractivity contribution in [3.8, 4) is 0 Å². The molecule has 0 saturated heterocycles. The number of hydrogen-bond donors (Lipinski definition) is 2. The molecule has 0 aliphatic rings. The van der Waals surface area contributed by atoms with Crippen molar-refractivity contribution in [3.05, 3.63) is 29.3 Å². The van der Waals surface area contributed by atoms with Crippen LogP contribution in [-0.2, 0) is 27.8 Å². The summed E-state index contributed by atoms with van der Waals surface area (Å²) in [6, 6.07) is 4.99.